The first-order valence-electron chi connectivity index (χ1n) is 8.57. The average Bonchev–Trinajstić information content (AvgIpc) is 3.03. The predicted molar refractivity (Wildman–Crippen MR) is 120 cm³/mol. The molecule has 142 valence electrons. The zero-order valence-corrected chi connectivity index (χ0v) is 16.9. The molecule has 0 bridgehead atoms. The minimum atomic E-state index is 0.411. The fraction of sp³-hybridized carbons (Fsp3) is 0.100. The van der Waals surface area contributed by atoms with Gasteiger partial charge < -0.3 is 16.0 Å². The highest BCUT2D eigenvalue weighted by Crippen LogP contribution is 2.34. The molecule has 4 aromatic rings. The first-order valence-corrected chi connectivity index (χ1v) is 9.70. The monoisotopic (exact) mass is 431 g/mol. The molecule has 0 atom stereocenters. The first kappa shape index (κ1) is 18.9. The van der Waals surface area contributed by atoms with Crippen LogP contribution in [0.3, 0.4) is 0 Å². The molecule has 0 amide bonds. The Bertz CT molecular complexity index is 1200. The molecule has 0 aliphatic rings. The Labute approximate surface area is 176 Å². The fourth-order valence-corrected chi connectivity index (χ4v) is 3.63. The summed E-state index contributed by atoms with van der Waals surface area (Å²) in [6.45, 7) is 0.593. The molecule has 2 aromatic carbocycles. The van der Waals surface area contributed by atoms with Crippen molar-refractivity contribution in [3.05, 3.63) is 63.2 Å². The Hall–Kier alpha value is -2.47. The number of nitrogens with zero attached hydrogens (tertiary/aromatic N) is 2. The summed E-state index contributed by atoms with van der Waals surface area (Å²) in [6, 6.07) is 11.6. The molecule has 0 aliphatic carbocycles. The van der Waals surface area contributed by atoms with Gasteiger partial charge in [-0.3, -0.25) is 4.99 Å². The fourth-order valence-electron chi connectivity index (χ4n) is 3.20. The molecule has 4 N–H and O–H groups in total. The van der Waals surface area contributed by atoms with Crippen molar-refractivity contribution < 1.29 is 0 Å². The molecule has 28 heavy (non-hydrogen) atoms. The van der Waals surface area contributed by atoms with E-state index >= 15 is 0 Å². The number of hydrogen-bond donors (Lipinski definition) is 3. The third-order valence-corrected chi connectivity index (χ3v) is 5.39. The molecular weight excluding hydrogens is 417 g/mol. The first-order chi connectivity index (χ1) is 13.5. The number of nitrogens with two attached hydrogens (primary N) is 1. The van der Waals surface area contributed by atoms with Crippen molar-refractivity contribution in [3.63, 3.8) is 0 Å². The lowest BCUT2D eigenvalue weighted by Gasteiger charge is -2.10. The number of rotatable bonds is 5. The molecule has 8 heteroatoms. The number of halogens is 3. The van der Waals surface area contributed by atoms with Crippen LogP contribution in [0.4, 0.5) is 11.5 Å². The number of benzene rings is 2. The molecule has 0 saturated heterocycles. The predicted octanol–water partition coefficient (Wildman–Crippen LogP) is 5.95. The van der Waals surface area contributed by atoms with Gasteiger partial charge in [-0.25, -0.2) is 4.98 Å². The number of aromatic amines is 1. The van der Waals surface area contributed by atoms with E-state index in [0.717, 1.165) is 39.5 Å². The van der Waals surface area contributed by atoms with Crippen LogP contribution in [0.2, 0.25) is 15.1 Å². The molecule has 4 rings (SSSR count). The third-order valence-electron chi connectivity index (χ3n) is 4.45. The highest BCUT2D eigenvalue weighted by Gasteiger charge is 2.12. The number of fused-ring (bicyclic) bond motifs is 3. The Morgan fingerprint density at radius 2 is 1.93 bits per heavy atom. The quantitative estimate of drug-likeness (QED) is 0.269. The number of hydrogen-bond acceptors (Lipinski definition) is 3. The lowest BCUT2D eigenvalue weighted by atomic mass is 10.0. The van der Waals surface area contributed by atoms with Crippen LogP contribution in [0.15, 0.2) is 47.6 Å². The van der Waals surface area contributed by atoms with E-state index in [-0.39, 0.29) is 0 Å². The Kier molecular flexibility index (Phi) is 5.31. The topological polar surface area (TPSA) is 79.1 Å². The maximum Gasteiger partial charge on any atom is 0.131 e. The lowest BCUT2D eigenvalue weighted by molar-refractivity contribution is 0.977. The summed E-state index contributed by atoms with van der Waals surface area (Å²) in [7, 11) is 0. The second-order valence-electron chi connectivity index (χ2n) is 6.29. The minimum Gasteiger partial charge on any atom is -0.390 e. The lowest BCUT2D eigenvalue weighted by Crippen LogP contribution is -1.98. The van der Waals surface area contributed by atoms with Crippen LogP contribution in [0.1, 0.15) is 5.56 Å². The van der Waals surface area contributed by atoms with E-state index in [1.54, 1.807) is 6.07 Å². The highest BCUT2D eigenvalue weighted by molar-refractivity contribution is 6.42. The number of aromatic nitrogens is 2. The zero-order chi connectivity index (χ0) is 19.7. The van der Waals surface area contributed by atoms with Crippen LogP contribution >= 0.6 is 34.8 Å². The van der Waals surface area contributed by atoms with Crippen LogP contribution in [0.25, 0.3) is 21.8 Å². The van der Waals surface area contributed by atoms with Crippen molar-refractivity contribution in [3.8, 4) is 0 Å². The Morgan fingerprint density at radius 1 is 1.07 bits per heavy atom. The number of aliphatic imine (C=N–C) groups is 1. The number of pyridine rings is 1. The summed E-state index contributed by atoms with van der Waals surface area (Å²) in [5, 5.41) is 6.96. The van der Waals surface area contributed by atoms with Gasteiger partial charge in [0.1, 0.15) is 5.82 Å². The van der Waals surface area contributed by atoms with E-state index in [9.17, 15) is 0 Å². The van der Waals surface area contributed by atoms with Gasteiger partial charge in [-0.1, -0.05) is 34.8 Å². The third kappa shape index (κ3) is 3.74. The van der Waals surface area contributed by atoms with Crippen LogP contribution in [-0.2, 0) is 6.42 Å². The second-order valence-corrected chi connectivity index (χ2v) is 7.54. The summed E-state index contributed by atoms with van der Waals surface area (Å²) in [5.41, 5.74) is 9.45. The van der Waals surface area contributed by atoms with Crippen LogP contribution in [0.5, 0.6) is 0 Å². The van der Waals surface area contributed by atoms with Crippen molar-refractivity contribution >= 4 is 74.5 Å². The van der Waals surface area contributed by atoms with E-state index in [1.807, 2.05) is 18.2 Å². The van der Waals surface area contributed by atoms with Crippen molar-refractivity contribution in [1.29, 1.82) is 0 Å². The van der Waals surface area contributed by atoms with Gasteiger partial charge in [0.15, 0.2) is 0 Å². The Balaban J connectivity index is 1.84. The van der Waals surface area contributed by atoms with Gasteiger partial charge in [-0.2, -0.15) is 0 Å². The van der Waals surface area contributed by atoms with Crippen LogP contribution < -0.4 is 11.1 Å². The second kappa shape index (κ2) is 7.87. The van der Waals surface area contributed by atoms with E-state index < -0.39 is 0 Å². The summed E-state index contributed by atoms with van der Waals surface area (Å²) >= 11 is 18.3. The maximum atomic E-state index is 6.22. The summed E-state index contributed by atoms with van der Waals surface area (Å²) in [6.07, 6.45) is 3.58. The van der Waals surface area contributed by atoms with Gasteiger partial charge in [0.2, 0.25) is 0 Å². The van der Waals surface area contributed by atoms with Crippen LogP contribution in [0, 0.1) is 0 Å². The van der Waals surface area contributed by atoms with Crippen molar-refractivity contribution in [2.24, 2.45) is 10.7 Å². The van der Waals surface area contributed by atoms with E-state index in [2.05, 4.69) is 32.4 Å². The summed E-state index contributed by atoms with van der Waals surface area (Å²) < 4.78 is 0. The van der Waals surface area contributed by atoms with Crippen molar-refractivity contribution in [2.45, 2.75) is 6.42 Å². The average molecular weight is 433 g/mol. The van der Waals surface area contributed by atoms with Gasteiger partial charge in [0.25, 0.3) is 0 Å². The summed E-state index contributed by atoms with van der Waals surface area (Å²) in [5.74, 6) is 0.609. The molecule has 0 spiro atoms. The number of nitrogens with one attached hydrogen (secondary N) is 2. The normalized spacial score (nSPS) is 11.7. The minimum absolute atomic E-state index is 0.411. The standard InChI is InChI=1S/C20H16Cl3N5/c21-12-1-2-18-14(6-12)15-7-13(27-19-8-16(22)17(23)9-26-19)5-11(20(15)28-18)3-4-25-10-24/h1-2,5-10,28H,3-4H2,(H2,24,25)(H,26,27). The number of H-pyrrole nitrogens is 1. The molecule has 0 saturated carbocycles. The largest absolute Gasteiger partial charge is 0.390 e. The molecule has 0 aliphatic heterocycles. The molecule has 0 radical (unpaired) electrons. The highest BCUT2D eigenvalue weighted by atomic mass is 35.5. The molecule has 2 aromatic heterocycles. The van der Waals surface area contributed by atoms with Crippen molar-refractivity contribution in [1.82, 2.24) is 9.97 Å². The van der Waals surface area contributed by atoms with Gasteiger partial charge in [0, 0.05) is 51.3 Å². The molecule has 0 fully saturated rings. The SMILES string of the molecule is NC=NCCc1cc(Nc2cc(Cl)c(Cl)cn2)cc2c1[nH]c1ccc(Cl)cc12. The molecular formula is C20H16Cl3N5. The van der Waals surface area contributed by atoms with Gasteiger partial charge in [-0.15, -0.1) is 0 Å². The van der Waals surface area contributed by atoms with Crippen molar-refractivity contribution in [2.75, 3.05) is 11.9 Å². The zero-order valence-electron chi connectivity index (χ0n) is 14.6. The van der Waals surface area contributed by atoms with E-state index in [4.69, 9.17) is 40.5 Å². The van der Waals surface area contributed by atoms with Gasteiger partial charge in [0.05, 0.1) is 16.4 Å². The maximum absolute atomic E-state index is 6.22. The van der Waals surface area contributed by atoms with E-state index in [1.165, 1.54) is 12.5 Å². The van der Waals surface area contributed by atoms with Gasteiger partial charge in [-0.05, 0) is 42.3 Å². The summed E-state index contributed by atoms with van der Waals surface area (Å²) in [4.78, 5) is 11.9. The molecule has 0 unspecified atom stereocenters. The number of anilines is 2. The Morgan fingerprint density at radius 3 is 2.71 bits per heavy atom. The molecule has 5 nitrogen and oxygen atoms in total. The van der Waals surface area contributed by atoms with E-state index in [0.29, 0.717) is 27.4 Å². The van der Waals surface area contributed by atoms with Gasteiger partial charge >= 0.3 is 0 Å². The smallest absolute Gasteiger partial charge is 0.131 e. The molecule has 2 heterocycles. The van der Waals surface area contributed by atoms with Crippen LogP contribution in [-0.4, -0.2) is 22.9 Å².